The molecule has 0 unspecified atom stereocenters. The Labute approximate surface area is 150 Å². The van der Waals surface area contributed by atoms with E-state index in [1.807, 2.05) is 24.3 Å². The van der Waals surface area contributed by atoms with Crippen molar-refractivity contribution in [3.05, 3.63) is 64.7 Å². The second-order valence-electron chi connectivity index (χ2n) is 5.54. The Kier molecular flexibility index (Phi) is 5.05. The van der Waals surface area contributed by atoms with Crippen LogP contribution >= 0.6 is 11.6 Å². The first kappa shape index (κ1) is 17.0. The molecule has 5 nitrogen and oxygen atoms in total. The molecule has 1 aliphatic heterocycles. The second-order valence-corrected chi connectivity index (χ2v) is 5.98. The molecule has 0 saturated carbocycles. The van der Waals surface area contributed by atoms with E-state index >= 15 is 0 Å². The van der Waals surface area contributed by atoms with E-state index in [9.17, 15) is 9.59 Å². The molecule has 25 heavy (non-hydrogen) atoms. The Morgan fingerprint density at radius 1 is 1.16 bits per heavy atom. The zero-order valence-electron chi connectivity index (χ0n) is 13.5. The third-order valence-electron chi connectivity index (χ3n) is 3.66. The molecule has 3 rings (SSSR count). The number of carbonyl (C=O) groups is 2. The summed E-state index contributed by atoms with van der Waals surface area (Å²) < 4.78 is 10.8. The molecule has 0 aromatic heterocycles. The summed E-state index contributed by atoms with van der Waals surface area (Å²) in [6.07, 6.45) is 0.770. The van der Waals surface area contributed by atoms with Crippen LogP contribution in [0, 0.1) is 0 Å². The topological polar surface area (TPSA) is 64.6 Å². The highest BCUT2D eigenvalue weighted by molar-refractivity contribution is 6.30. The van der Waals surface area contributed by atoms with Crippen LogP contribution in [0.3, 0.4) is 0 Å². The van der Waals surface area contributed by atoms with Crippen molar-refractivity contribution in [3.63, 3.8) is 0 Å². The lowest BCUT2D eigenvalue weighted by Gasteiger charge is -2.19. The fraction of sp³-hybridized carbons (Fsp3) is 0.158. The van der Waals surface area contributed by atoms with Crippen molar-refractivity contribution in [2.45, 2.75) is 13.0 Å². The number of halogens is 1. The van der Waals surface area contributed by atoms with Gasteiger partial charge in [0.2, 0.25) is 0 Å². The minimum absolute atomic E-state index is 0.112. The molecule has 1 amide bonds. The van der Waals surface area contributed by atoms with E-state index in [1.54, 1.807) is 30.3 Å². The number of carbonyl (C=O) groups excluding carboxylic acids is 2. The van der Waals surface area contributed by atoms with E-state index < -0.39 is 18.0 Å². The van der Waals surface area contributed by atoms with Gasteiger partial charge in [-0.15, -0.1) is 0 Å². The average molecular weight is 358 g/mol. The molecule has 6 heteroatoms. The Bertz CT molecular complexity index is 830. The van der Waals surface area contributed by atoms with E-state index in [-0.39, 0.29) is 6.61 Å². The number of benzene rings is 2. The molecule has 0 saturated heterocycles. The van der Waals surface area contributed by atoms with Gasteiger partial charge in [-0.3, -0.25) is 4.79 Å². The van der Waals surface area contributed by atoms with E-state index in [4.69, 9.17) is 21.1 Å². The number of para-hydroxylation sites is 1. The van der Waals surface area contributed by atoms with Gasteiger partial charge in [-0.2, -0.15) is 0 Å². The number of rotatable bonds is 4. The van der Waals surface area contributed by atoms with E-state index in [0.29, 0.717) is 22.0 Å². The number of fused-ring (bicyclic) bond motifs is 1. The summed E-state index contributed by atoms with van der Waals surface area (Å²) in [5, 5.41) is 3.24. The Hall–Kier alpha value is -2.79. The fourth-order valence-corrected chi connectivity index (χ4v) is 2.43. The largest absolute Gasteiger partial charge is 0.488 e. The van der Waals surface area contributed by atoms with Gasteiger partial charge in [0.05, 0.1) is 5.57 Å². The number of hydrogen-bond donors (Lipinski definition) is 1. The predicted molar refractivity (Wildman–Crippen MR) is 95.5 cm³/mol. The molecule has 1 aliphatic rings. The Balaban J connectivity index is 1.61. The standard InChI is InChI=1S/C19H16ClNO4/c1-12(18(22)21-16-8-6-15(20)7-9-16)25-19(23)14-10-13-4-2-3-5-17(13)24-11-14/h2-10,12H,11H2,1H3,(H,21,22)/t12-/m1/s1. The smallest absolute Gasteiger partial charge is 0.338 e. The van der Waals surface area contributed by atoms with Gasteiger partial charge in [-0.1, -0.05) is 29.8 Å². The van der Waals surface area contributed by atoms with Gasteiger partial charge in [0.15, 0.2) is 6.10 Å². The van der Waals surface area contributed by atoms with Crippen LogP contribution in [0.4, 0.5) is 5.69 Å². The summed E-state index contributed by atoms with van der Waals surface area (Å²) in [6, 6.07) is 14.1. The maximum absolute atomic E-state index is 12.3. The molecular formula is C19H16ClNO4. The molecular weight excluding hydrogens is 342 g/mol. The maximum atomic E-state index is 12.3. The summed E-state index contributed by atoms with van der Waals surface area (Å²) in [5.74, 6) is -0.283. The molecule has 0 bridgehead atoms. The van der Waals surface area contributed by atoms with Gasteiger partial charge in [-0.25, -0.2) is 4.79 Å². The summed E-state index contributed by atoms with van der Waals surface area (Å²) in [7, 11) is 0. The number of hydrogen-bond acceptors (Lipinski definition) is 4. The van der Waals surface area contributed by atoms with Gasteiger partial charge in [0.1, 0.15) is 12.4 Å². The van der Waals surface area contributed by atoms with E-state index in [1.165, 1.54) is 6.92 Å². The molecule has 1 N–H and O–H groups in total. The molecule has 0 fully saturated rings. The van der Waals surface area contributed by atoms with Gasteiger partial charge >= 0.3 is 5.97 Å². The van der Waals surface area contributed by atoms with E-state index in [2.05, 4.69) is 5.32 Å². The van der Waals surface area contributed by atoms with Gasteiger partial charge < -0.3 is 14.8 Å². The lowest BCUT2D eigenvalue weighted by atomic mass is 10.1. The predicted octanol–water partition coefficient (Wildman–Crippen LogP) is 3.69. The number of esters is 1. The van der Waals surface area contributed by atoms with Crippen LogP contribution < -0.4 is 10.1 Å². The van der Waals surface area contributed by atoms with Crippen molar-refractivity contribution in [2.24, 2.45) is 0 Å². The third-order valence-corrected chi connectivity index (χ3v) is 3.91. The number of amides is 1. The molecule has 0 spiro atoms. The summed E-state index contributed by atoms with van der Waals surface area (Å²) in [5.41, 5.74) is 1.75. The maximum Gasteiger partial charge on any atom is 0.338 e. The highest BCUT2D eigenvalue weighted by Crippen LogP contribution is 2.26. The number of nitrogens with one attached hydrogen (secondary N) is 1. The van der Waals surface area contributed by atoms with Crippen LogP contribution in [0.15, 0.2) is 54.1 Å². The number of anilines is 1. The summed E-state index contributed by atoms with van der Waals surface area (Å²) in [4.78, 5) is 24.4. The molecule has 0 radical (unpaired) electrons. The highest BCUT2D eigenvalue weighted by atomic mass is 35.5. The lowest BCUT2D eigenvalue weighted by Crippen LogP contribution is -2.31. The van der Waals surface area contributed by atoms with Crippen molar-refractivity contribution in [1.82, 2.24) is 0 Å². The van der Waals surface area contributed by atoms with E-state index in [0.717, 1.165) is 5.56 Å². The highest BCUT2D eigenvalue weighted by Gasteiger charge is 2.23. The van der Waals surface area contributed by atoms with Gasteiger partial charge in [-0.05, 0) is 43.3 Å². The van der Waals surface area contributed by atoms with Crippen LogP contribution in [0.5, 0.6) is 5.75 Å². The van der Waals surface area contributed by atoms with Gasteiger partial charge in [0, 0.05) is 16.3 Å². The van der Waals surface area contributed by atoms with Crippen molar-refractivity contribution in [3.8, 4) is 5.75 Å². The molecule has 2 aromatic rings. The zero-order chi connectivity index (χ0) is 17.8. The van der Waals surface area contributed by atoms with Crippen LogP contribution in [0.2, 0.25) is 5.02 Å². The SMILES string of the molecule is C[C@@H](OC(=O)C1=Cc2ccccc2OC1)C(=O)Nc1ccc(Cl)cc1. The lowest BCUT2D eigenvalue weighted by molar-refractivity contribution is -0.149. The minimum atomic E-state index is -0.943. The zero-order valence-corrected chi connectivity index (χ0v) is 14.2. The normalized spacial score (nSPS) is 13.8. The van der Waals surface area contributed by atoms with Crippen molar-refractivity contribution < 1.29 is 19.1 Å². The average Bonchev–Trinajstić information content (AvgIpc) is 2.63. The number of ether oxygens (including phenoxy) is 2. The van der Waals surface area contributed by atoms with Crippen molar-refractivity contribution in [1.29, 1.82) is 0 Å². The fourth-order valence-electron chi connectivity index (χ4n) is 2.30. The first-order chi connectivity index (χ1) is 12.0. The molecule has 1 heterocycles. The summed E-state index contributed by atoms with van der Waals surface area (Å²) in [6.45, 7) is 1.63. The van der Waals surface area contributed by atoms with Crippen LogP contribution in [-0.4, -0.2) is 24.6 Å². The second kappa shape index (κ2) is 7.40. The quantitative estimate of drug-likeness (QED) is 0.848. The Morgan fingerprint density at radius 2 is 1.88 bits per heavy atom. The monoisotopic (exact) mass is 357 g/mol. The van der Waals surface area contributed by atoms with Crippen LogP contribution in [0.1, 0.15) is 12.5 Å². The van der Waals surface area contributed by atoms with Crippen molar-refractivity contribution in [2.75, 3.05) is 11.9 Å². The van der Waals surface area contributed by atoms with Gasteiger partial charge in [0.25, 0.3) is 5.91 Å². The molecule has 128 valence electrons. The minimum Gasteiger partial charge on any atom is -0.488 e. The first-order valence-corrected chi connectivity index (χ1v) is 8.10. The molecule has 0 aliphatic carbocycles. The van der Waals surface area contributed by atoms with Crippen LogP contribution in [0.25, 0.3) is 6.08 Å². The summed E-state index contributed by atoms with van der Waals surface area (Å²) >= 11 is 5.80. The van der Waals surface area contributed by atoms with Crippen molar-refractivity contribution >= 4 is 35.2 Å². The third kappa shape index (κ3) is 4.19. The molecule has 2 aromatic carbocycles. The Morgan fingerprint density at radius 3 is 2.64 bits per heavy atom. The first-order valence-electron chi connectivity index (χ1n) is 7.73. The molecule has 1 atom stereocenters. The van der Waals surface area contributed by atoms with Crippen LogP contribution in [-0.2, 0) is 14.3 Å².